The summed E-state index contributed by atoms with van der Waals surface area (Å²) in [5.74, 6) is -6.75. The molecule has 1 aliphatic rings. The number of halogens is 3. The van der Waals surface area contributed by atoms with Gasteiger partial charge in [0.05, 0.1) is 17.4 Å². The summed E-state index contributed by atoms with van der Waals surface area (Å²) in [5.41, 5.74) is 4.40. The maximum atomic E-state index is 13.3. The molecule has 3 heterocycles. The number of aryl methyl sites for hydroxylation is 1. The van der Waals surface area contributed by atoms with Crippen molar-refractivity contribution in [1.29, 1.82) is 0 Å². The summed E-state index contributed by atoms with van der Waals surface area (Å²) in [4.78, 5) is 45.8. The molecule has 0 radical (unpaired) electrons. The van der Waals surface area contributed by atoms with Crippen LogP contribution in [0.1, 0.15) is 17.7 Å². The van der Waals surface area contributed by atoms with Gasteiger partial charge in [0, 0.05) is 35.4 Å². The third-order valence-electron chi connectivity index (χ3n) is 7.26. The number of thiophene rings is 1. The number of nitrogens with zero attached hydrogens (tertiary/aromatic N) is 2. The van der Waals surface area contributed by atoms with Crippen molar-refractivity contribution < 1.29 is 45.5 Å². The van der Waals surface area contributed by atoms with Gasteiger partial charge in [-0.2, -0.15) is 23.0 Å². The molecule has 0 spiro atoms. The number of piperidine rings is 1. The lowest BCUT2D eigenvalue weighted by molar-refractivity contribution is -0.208. The number of carbonyl (C=O) groups is 3. The molecule has 2 amide bonds. The van der Waals surface area contributed by atoms with E-state index in [9.17, 15) is 36.0 Å². The number of sulfonamides is 1. The highest BCUT2D eigenvalue weighted by atomic mass is 32.2. The molecule has 1 saturated heterocycles. The minimum Gasteiger partial charge on any atom is -0.489 e. The number of hydroxylamine groups is 1. The highest BCUT2D eigenvalue weighted by molar-refractivity contribution is 7.91. The number of hydrogen-bond donors (Lipinski definition) is 2. The molecule has 0 bridgehead atoms. The first-order valence-electron chi connectivity index (χ1n) is 13.8. The Bertz CT molecular complexity index is 1850. The number of aromatic nitrogens is 1. The molecule has 4 aromatic rings. The summed E-state index contributed by atoms with van der Waals surface area (Å²) in [6.07, 6.45) is -5.52. The Morgan fingerprint density at radius 2 is 1.76 bits per heavy atom. The number of pyridine rings is 1. The molecule has 16 heteroatoms. The van der Waals surface area contributed by atoms with Gasteiger partial charge in [-0.15, -0.1) is 11.3 Å². The fraction of sp³-hybridized carbons (Fsp3) is 0.267. The van der Waals surface area contributed by atoms with Gasteiger partial charge in [-0.05, 0) is 61.2 Å². The highest BCUT2D eigenvalue weighted by Crippen LogP contribution is 2.31. The lowest BCUT2D eigenvalue weighted by Gasteiger charge is -2.35. The van der Waals surface area contributed by atoms with E-state index in [1.165, 1.54) is 17.6 Å². The molecular weight excluding hydrogens is 649 g/mol. The van der Waals surface area contributed by atoms with Gasteiger partial charge >= 0.3 is 12.1 Å². The van der Waals surface area contributed by atoms with E-state index in [0.29, 0.717) is 11.4 Å². The van der Waals surface area contributed by atoms with Gasteiger partial charge < -0.3 is 14.9 Å². The zero-order chi connectivity index (χ0) is 33.1. The fourth-order valence-corrected chi connectivity index (χ4v) is 7.66. The molecule has 1 fully saturated rings. The van der Waals surface area contributed by atoms with Crippen molar-refractivity contribution in [3.05, 3.63) is 83.4 Å². The first-order valence-corrected chi connectivity index (χ1v) is 16.2. The SMILES string of the molecule is Cc1cc(COc2ccc(NC(=O)C3CCN(S(=O)(=O)c4cccs4)C[C@@H]3C(=O)NOC(=O)C(F)(F)F)cc2)c2ccccc2n1. The zero-order valence-corrected chi connectivity index (χ0v) is 25.7. The minimum absolute atomic E-state index is 0.00683. The van der Waals surface area contributed by atoms with Crippen LogP contribution in [0, 0.1) is 18.8 Å². The van der Waals surface area contributed by atoms with Crippen molar-refractivity contribution in [2.24, 2.45) is 11.8 Å². The number of nitrogens with one attached hydrogen (secondary N) is 2. The summed E-state index contributed by atoms with van der Waals surface area (Å²) >= 11 is 0.946. The molecule has 5 rings (SSSR count). The van der Waals surface area contributed by atoms with Crippen molar-refractivity contribution in [1.82, 2.24) is 14.8 Å². The van der Waals surface area contributed by atoms with Crippen LogP contribution in [0.15, 0.2) is 76.3 Å². The Kier molecular flexibility index (Phi) is 9.60. The summed E-state index contributed by atoms with van der Waals surface area (Å²) in [5, 5.41) is 5.17. The van der Waals surface area contributed by atoms with Gasteiger partial charge in [-0.25, -0.2) is 13.2 Å². The Morgan fingerprint density at radius 1 is 1.02 bits per heavy atom. The molecule has 242 valence electrons. The van der Waals surface area contributed by atoms with Crippen molar-refractivity contribution in [2.45, 2.75) is 30.3 Å². The number of hydrogen-bond acceptors (Lipinski definition) is 9. The normalized spacial score (nSPS) is 17.3. The number of benzene rings is 2. The van der Waals surface area contributed by atoms with E-state index in [4.69, 9.17) is 4.74 Å². The molecule has 2 atom stereocenters. The number of rotatable bonds is 8. The van der Waals surface area contributed by atoms with Gasteiger partial charge in [0.15, 0.2) is 0 Å². The summed E-state index contributed by atoms with van der Waals surface area (Å²) in [7, 11) is -4.06. The Balaban J connectivity index is 1.27. The Labute approximate surface area is 265 Å². The number of para-hydroxylation sites is 1. The van der Waals surface area contributed by atoms with Crippen LogP contribution in [0.25, 0.3) is 10.9 Å². The van der Waals surface area contributed by atoms with Crippen LogP contribution in [0.3, 0.4) is 0 Å². The van der Waals surface area contributed by atoms with E-state index < -0.39 is 52.4 Å². The zero-order valence-electron chi connectivity index (χ0n) is 24.1. The number of alkyl halides is 3. The van der Waals surface area contributed by atoms with Crippen LogP contribution in [0.4, 0.5) is 18.9 Å². The van der Waals surface area contributed by atoms with Gasteiger partial charge in [-0.3, -0.25) is 14.6 Å². The van der Waals surface area contributed by atoms with Gasteiger partial charge in [0.1, 0.15) is 16.6 Å². The van der Waals surface area contributed by atoms with Gasteiger partial charge in [0.2, 0.25) is 5.91 Å². The topological polar surface area (TPSA) is 144 Å². The molecular formula is C30H27F3N4O7S2. The molecule has 0 aliphatic carbocycles. The van der Waals surface area contributed by atoms with Crippen molar-refractivity contribution in [3.63, 3.8) is 0 Å². The van der Waals surface area contributed by atoms with Crippen molar-refractivity contribution >= 4 is 55.7 Å². The lowest BCUT2D eigenvalue weighted by Crippen LogP contribution is -2.52. The fourth-order valence-electron chi connectivity index (χ4n) is 5.03. The van der Waals surface area contributed by atoms with E-state index in [-0.39, 0.29) is 23.8 Å². The number of ether oxygens (including phenoxy) is 1. The predicted octanol–water partition coefficient (Wildman–Crippen LogP) is 4.59. The Hall–Kier alpha value is -4.54. The van der Waals surface area contributed by atoms with E-state index in [1.807, 2.05) is 37.3 Å². The first-order chi connectivity index (χ1) is 21.8. The molecule has 0 saturated carbocycles. The predicted molar refractivity (Wildman–Crippen MR) is 161 cm³/mol. The molecule has 2 aromatic carbocycles. The van der Waals surface area contributed by atoms with Crippen LogP contribution in [0.5, 0.6) is 5.75 Å². The average Bonchev–Trinajstić information content (AvgIpc) is 3.58. The summed E-state index contributed by atoms with van der Waals surface area (Å²) in [6, 6.07) is 18.9. The number of amides is 2. The first kappa shape index (κ1) is 32.8. The van der Waals surface area contributed by atoms with Crippen LogP contribution in [0.2, 0.25) is 0 Å². The van der Waals surface area contributed by atoms with Crippen LogP contribution >= 0.6 is 11.3 Å². The molecule has 1 unspecified atom stereocenters. The van der Waals surface area contributed by atoms with Crippen LogP contribution in [-0.4, -0.2) is 54.8 Å². The van der Waals surface area contributed by atoms with E-state index >= 15 is 0 Å². The Morgan fingerprint density at radius 3 is 2.46 bits per heavy atom. The second kappa shape index (κ2) is 13.4. The summed E-state index contributed by atoms with van der Waals surface area (Å²) < 4.78 is 71.0. The molecule has 46 heavy (non-hydrogen) atoms. The maximum absolute atomic E-state index is 13.3. The van der Waals surface area contributed by atoms with E-state index in [0.717, 1.165) is 37.8 Å². The minimum atomic E-state index is -5.38. The van der Waals surface area contributed by atoms with E-state index in [2.05, 4.69) is 15.1 Å². The average molecular weight is 677 g/mol. The molecule has 1 aliphatic heterocycles. The molecule has 11 nitrogen and oxygen atoms in total. The smallest absolute Gasteiger partial charge is 0.489 e. The van der Waals surface area contributed by atoms with Crippen LogP contribution < -0.4 is 15.5 Å². The second-order valence-corrected chi connectivity index (χ2v) is 13.5. The largest absolute Gasteiger partial charge is 0.493 e. The maximum Gasteiger partial charge on any atom is 0.493 e. The highest BCUT2D eigenvalue weighted by Gasteiger charge is 2.45. The van der Waals surface area contributed by atoms with Crippen LogP contribution in [-0.2, 0) is 35.9 Å². The standard InChI is InChI=1S/C30H27F3N4O7S2/c1-18-15-19(22-5-2-3-6-25(22)34-18)17-43-21-10-8-20(9-11-21)35-27(38)23-12-13-37(46(41,42)26-7-4-14-45-26)16-24(23)28(39)36-44-29(40)30(31,32)33/h2-11,14-15,23-24H,12-13,16-17H2,1H3,(H,35,38)(H,36,39)/t23?,24-/m0/s1. The number of anilines is 1. The third kappa shape index (κ3) is 7.46. The monoisotopic (exact) mass is 676 g/mol. The number of carbonyl (C=O) groups excluding carboxylic acids is 3. The van der Waals surface area contributed by atoms with Gasteiger partial charge in [0.25, 0.3) is 15.9 Å². The van der Waals surface area contributed by atoms with E-state index in [1.54, 1.807) is 29.6 Å². The molecule has 2 N–H and O–H groups in total. The van der Waals surface area contributed by atoms with Crippen molar-refractivity contribution in [2.75, 3.05) is 18.4 Å². The van der Waals surface area contributed by atoms with Crippen molar-refractivity contribution in [3.8, 4) is 5.75 Å². The third-order valence-corrected chi connectivity index (χ3v) is 10.5. The lowest BCUT2D eigenvalue weighted by atomic mass is 9.85. The second-order valence-electron chi connectivity index (χ2n) is 10.4. The molecule has 2 aromatic heterocycles. The summed E-state index contributed by atoms with van der Waals surface area (Å²) in [6.45, 7) is 1.48. The quantitative estimate of drug-likeness (QED) is 0.258. The number of fused-ring (bicyclic) bond motifs is 1. The van der Waals surface area contributed by atoms with Gasteiger partial charge in [-0.1, -0.05) is 24.3 Å².